The minimum absolute atomic E-state index is 0.640. The van der Waals surface area contributed by atoms with E-state index in [2.05, 4.69) is 77.4 Å². The summed E-state index contributed by atoms with van der Waals surface area (Å²) in [7, 11) is 1.78. The van der Waals surface area contributed by atoms with Gasteiger partial charge < -0.3 is 15.2 Å². The number of aliphatic imine (C=N–C) groups is 1. The first-order valence-corrected chi connectivity index (χ1v) is 10.5. The first-order chi connectivity index (χ1) is 14.6. The summed E-state index contributed by atoms with van der Waals surface area (Å²) in [5, 5.41) is 15.7. The number of nitrogens with one attached hydrogen (secondary N) is 2. The maximum atomic E-state index is 5.45. The van der Waals surface area contributed by atoms with E-state index in [0.717, 1.165) is 48.1 Å². The van der Waals surface area contributed by atoms with Crippen LogP contribution in [0.3, 0.4) is 0 Å². The van der Waals surface area contributed by atoms with Crippen molar-refractivity contribution in [3.63, 3.8) is 0 Å². The number of guanidine groups is 1. The second-order valence-corrected chi connectivity index (χ2v) is 7.31. The van der Waals surface area contributed by atoms with Crippen LogP contribution in [0.25, 0.3) is 0 Å². The Morgan fingerprint density at radius 1 is 1.03 bits per heavy atom. The maximum Gasteiger partial charge on any atom is 0.191 e. The third kappa shape index (κ3) is 4.90. The predicted molar refractivity (Wildman–Crippen MR) is 120 cm³/mol. The van der Waals surface area contributed by atoms with Crippen LogP contribution >= 0.6 is 0 Å². The van der Waals surface area contributed by atoms with Gasteiger partial charge >= 0.3 is 0 Å². The minimum atomic E-state index is 0.640. The van der Waals surface area contributed by atoms with Crippen LogP contribution < -0.4 is 10.6 Å². The lowest BCUT2D eigenvalue weighted by atomic mass is 10.1. The smallest absolute Gasteiger partial charge is 0.191 e. The normalized spacial score (nSPS) is 11.7. The molecule has 2 heterocycles. The highest BCUT2D eigenvalue weighted by atomic mass is 16.5. The summed E-state index contributed by atoms with van der Waals surface area (Å²) in [4.78, 5) is 4.36. The highest BCUT2D eigenvalue weighted by Gasteiger charge is 2.15. The Morgan fingerprint density at radius 3 is 2.37 bits per heavy atom. The van der Waals surface area contributed by atoms with E-state index in [1.54, 1.807) is 7.05 Å². The van der Waals surface area contributed by atoms with E-state index in [1.807, 2.05) is 6.07 Å². The number of nitrogens with zero attached hydrogens (tertiary/aromatic N) is 4. The average molecular weight is 409 g/mol. The summed E-state index contributed by atoms with van der Waals surface area (Å²) in [5.41, 5.74) is 6.77. The fourth-order valence-corrected chi connectivity index (χ4v) is 3.60. The van der Waals surface area contributed by atoms with Gasteiger partial charge in [-0.1, -0.05) is 49.3 Å². The minimum Gasteiger partial charge on any atom is -0.361 e. The summed E-state index contributed by atoms with van der Waals surface area (Å²) in [6, 6.07) is 10.4. The first-order valence-electron chi connectivity index (χ1n) is 10.5. The molecule has 0 saturated heterocycles. The number of benzene rings is 1. The zero-order valence-electron chi connectivity index (χ0n) is 18.6. The van der Waals surface area contributed by atoms with Crippen LogP contribution in [0.5, 0.6) is 0 Å². The van der Waals surface area contributed by atoms with Crippen LogP contribution in [0.1, 0.15) is 53.4 Å². The zero-order chi connectivity index (χ0) is 21.5. The molecule has 3 rings (SSSR count). The highest BCUT2D eigenvalue weighted by Crippen LogP contribution is 2.16. The SMILES string of the molecule is CCc1noc(CC)c1CNC(=NC)NCc1c(C)nn(Cc2ccccc2)c1C. The number of rotatable bonds is 8. The van der Waals surface area contributed by atoms with Crippen molar-refractivity contribution >= 4 is 5.96 Å². The quantitative estimate of drug-likeness (QED) is 0.440. The number of hydrogen-bond donors (Lipinski definition) is 2. The predicted octanol–water partition coefficient (Wildman–Crippen LogP) is 3.53. The lowest BCUT2D eigenvalue weighted by Crippen LogP contribution is -2.36. The van der Waals surface area contributed by atoms with Crippen molar-refractivity contribution in [2.45, 2.75) is 60.2 Å². The van der Waals surface area contributed by atoms with E-state index in [0.29, 0.717) is 13.1 Å². The van der Waals surface area contributed by atoms with E-state index in [9.17, 15) is 0 Å². The monoisotopic (exact) mass is 408 g/mol. The Bertz CT molecular complexity index is 965. The maximum absolute atomic E-state index is 5.45. The van der Waals surface area contributed by atoms with Crippen molar-refractivity contribution in [2.75, 3.05) is 7.05 Å². The van der Waals surface area contributed by atoms with Gasteiger partial charge in [0.2, 0.25) is 0 Å². The molecule has 0 aliphatic carbocycles. The molecule has 0 aliphatic heterocycles. The molecular weight excluding hydrogens is 376 g/mol. The van der Waals surface area contributed by atoms with Gasteiger partial charge in [0.05, 0.1) is 17.9 Å². The van der Waals surface area contributed by atoms with Crippen LogP contribution in [-0.2, 0) is 32.5 Å². The Balaban J connectivity index is 1.63. The molecule has 3 aromatic rings. The van der Waals surface area contributed by atoms with Crippen molar-refractivity contribution in [1.82, 2.24) is 25.6 Å². The molecule has 0 radical (unpaired) electrons. The van der Waals surface area contributed by atoms with E-state index in [-0.39, 0.29) is 0 Å². The Labute approximate surface area is 178 Å². The molecule has 0 aliphatic rings. The molecule has 2 N–H and O–H groups in total. The second-order valence-electron chi connectivity index (χ2n) is 7.31. The van der Waals surface area contributed by atoms with Crippen molar-refractivity contribution in [2.24, 2.45) is 4.99 Å². The van der Waals surface area contributed by atoms with E-state index in [4.69, 9.17) is 9.62 Å². The molecule has 0 atom stereocenters. The summed E-state index contributed by atoms with van der Waals surface area (Å²) < 4.78 is 7.52. The second kappa shape index (κ2) is 10.1. The van der Waals surface area contributed by atoms with Gasteiger partial charge in [0.25, 0.3) is 0 Å². The van der Waals surface area contributed by atoms with E-state index < -0.39 is 0 Å². The Kier molecular flexibility index (Phi) is 7.27. The number of aryl methyl sites for hydroxylation is 3. The first kappa shape index (κ1) is 21.6. The van der Waals surface area contributed by atoms with Gasteiger partial charge in [-0.15, -0.1) is 0 Å². The van der Waals surface area contributed by atoms with Gasteiger partial charge in [0, 0.05) is 43.4 Å². The molecule has 0 amide bonds. The molecule has 0 fully saturated rings. The average Bonchev–Trinajstić information content (AvgIpc) is 3.29. The molecule has 0 unspecified atom stereocenters. The molecule has 7 heteroatoms. The van der Waals surface area contributed by atoms with Crippen LogP contribution in [0, 0.1) is 13.8 Å². The van der Waals surface area contributed by atoms with Crippen molar-refractivity contribution in [3.8, 4) is 0 Å². The van der Waals surface area contributed by atoms with Gasteiger partial charge in [-0.3, -0.25) is 9.67 Å². The molecule has 2 aromatic heterocycles. The number of hydrogen-bond acceptors (Lipinski definition) is 4. The van der Waals surface area contributed by atoms with Gasteiger partial charge in [0.15, 0.2) is 5.96 Å². The van der Waals surface area contributed by atoms with Crippen molar-refractivity contribution in [1.29, 1.82) is 0 Å². The third-order valence-electron chi connectivity index (χ3n) is 5.40. The van der Waals surface area contributed by atoms with Crippen LogP contribution in [0.2, 0.25) is 0 Å². The van der Waals surface area contributed by atoms with Crippen molar-refractivity contribution < 1.29 is 4.52 Å². The van der Waals surface area contributed by atoms with Crippen LogP contribution in [-0.4, -0.2) is 27.9 Å². The molecule has 0 spiro atoms. The third-order valence-corrected chi connectivity index (χ3v) is 5.40. The summed E-state index contributed by atoms with van der Waals surface area (Å²) in [5.74, 6) is 1.68. The fourth-order valence-electron chi connectivity index (χ4n) is 3.60. The molecule has 160 valence electrons. The van der Waals surface area contributed by atoms with Crippen LogP contribution in [0.4, 0.5) is 0 Å². The van der Waals surface area contributed by atoms with Gasteiger partial charge in [-0.25, -0.2) is 0 Å². The molecular formula is C23H32N6O. The van der Waals surface area contributed by atoms with E-state index >= 15 is 0 Å². The van der Waals surface area contributed by atoms with Crippen molar-refractivity contribution in [3.05, 3.63) is 69.9 Å². The summed E-state index contributed by atoms with van der Waals surface area (Å²) >= 11 is 0. The lowest BCUT2D eigenvalue weighted by Gasteiger charge is -2.13. The zero-order valence-corrected chi connectivity index (χ0v) is 18.6. The lowest BCUT2D eigenvalue weighted by molar-refractivity contribution is 0.380. The molecule has 30 heavy (non-hydrogen) atoms. The fraction of sp³-hybridized carbons (Fsp3) is 0.435. The van der Waals surface area contributed by atoms with Crippen LogP contribution in [0.15, 0.2) is 39.8 Å². The standard InChI is InChI=1S/C23H32N6O/c1-6-21-20(22(7-2)30-28-21)14-26-23(24-5)25-13-19-16(3)27-29(17(19)4)15-18-11-9-8-10-12-18/h8-12H,6-7,13-15H2,1-5H3,(H2,24,25,26). The van der Waals surface area contributed by atoms with Gasteiger partial charge in [-0.2, -0.15) is 5.10 Å². The van der Waals surface area contributed by atoms with Gasteiger partial charge in [0.1, 0.15) is 5.76 Å². The Hall–Kier alpha value is -3.09. The largest absolute Gasteiger partial charge is 0.361 e. The topological polar surface area (TPSA) is 80.3 Å². The molecule has 0 bridgehead atoms. The Morgan fingerprint density at radius 2 is 1.73 bits per heavy atom. The molecule has 0 saturated carbocycles. The molecule has 7 nitrogen and oxygen atoms in total. The summed E-state index contributed by atoms with van der Waals surface area (Å²) in [6.45, 7) is 10.4. The van der Waals surface area contributed by atoms with E-state index in [1.165, 1.54) is 16.8 Å². The van der Waals surface area contributed by atoms with Gasteiger partial charge in [-0.05, 0) is 25.8 Å². The number of aromatic nitrogens is 3. The highest BCUT2D eigenvalue weighted by molar-refractivity contribution is 5.79. The molecule has 1 aromatic carbocycles. The summed E-state index contributed by atoms with van der Waals surface area (Å²) in [6.07, 6.45) is 1.68.